The maximum absolute atomic E-state index is 10.2. The van der Waals surface area contributed by atoms with Crippen molar-refractivity contribution in [2.45, 2.75) is 77.4 Å². The Morgan fingerprint density at radius 3 is 2.37 bits per heavy atom. The SMILES string of the molecule is CCC1CCC(N(C)CC2CC(C)CCC2O)CC1. The van der Waals surface area contributed by atoms with Crippen molar-refractivity contribution in [2.24, 2.45) is 17.8 Å². The standard InChI is InChI=1S/C17H33NO/c1-4-14-6-8-16(9-7-14)18(3)12-15-11-13(2)5-10-17(15)19/h13-17,19H,4-12H2,1-3H3. The lowest BCUT2D eigenvalue weighted by Gasteiger charge is -2.39. The molecule has 2 fully saturated rings. The first kappa shape index (κ1) is 15.3. The van der Waals surface area contributed by atoms with Gasteiger partial charge in [-0.1, -0.05) is 20.3 Å². The van der Waals surface area contributed by atoms with E-state index in [1.54, 1.807) is 0 Å². The van der Waals surface area contributed by atoms with Crippen LogP contribution in [0.15, 0.2) is 0 Å². The van der Waals surface area contributed by atoms with Gasteiger partial charge in [-0.2, -0.15) is 0 Å². The van der Waals surface area contributed by atoms with Gasteiger partial charge in [0.05, 0.1) is 6.10 Å². The third-order valence-corrected chi connectivity index (χ3v) is 5.74. The molecule has 0 heterocycles. The molecule has 0 aromatic carbocycles. The van der Waals surface area contributed by atoms with E-state index in [2.05, 4.69) is 25.8 Å². The summed E-state index contributed by atoms with van der Waals surface area (Å²) < 4.78 is 0. The fourth-order valence-corrected chi connectivity index (χ4v) is 4.19. The van der Waals surface area contributed by atoms with Crippen molar-refractivity contribution in [3.63, 3.8) is 0 Å². The van der Waals surface area contributed by atoms with Crippen LogP contribution in [0.3, 0.4) is 0 Å². The van der Waals surface area contributed by atoms with E-state index in [1.165, 1.54) is 44.9 Å². The second-order valence-corrected chi connectivity index (χ2v) is 7.27. The summed E-state index contributed by atoms with van der Waals surface area (Å²) in [6.07, 6.45) is 10.3. The molecule has 112 valence electrons. The number of nitrogens with zero attached hydrogens (tertiary/aromatic N) is 1. The molecule has 0 aromatic rings. The van der Waals surface area contributed by atoms with E-state index in [0.29, 0.717) is 5.92 Å². The molecule has 0 aromatic heterocycles. The van der Waals surface area contributed by atoms with Crippen molar-refractivity contribution in [3.8, 4) is 0 Å². The fourth-order valence-electron chi connectivity index (χ4n) is 4.19. The minimum absolute atomic E-state index is 0.0503. The molecule has 0 radical (unpaired) electrons. The Morgan fingerprint density at radius 1 is 1.05 bits per heavy atom. The molecule has 2 aliphatic carbocycles. The Kier molecular flexibility index (Phi) is 5.70. The van der Waals surface area contributed by atoms with E-state index >= 15 is 0 Å². The van der Waals surface area contributed by atoms with Gasteiger partial charge < -0.3 is 10.0 Å². The molecule has 2 aliphatic rings. The monoisotopic (exact) mass is 267 g/mol. The number of aliphatic hydroxyl groups excluding tert-OH is 1. The van der Waals surface area contributed by atoms with Gasteiger partial charge in [0.25, 0.3) is 0 Å². The minimum Gasteiger partial charge on any atom is -0.393 e. The van der Waals surface area contributed by atoms with Crippen LogP contribution in [0.4, 0.5) is 0 Å². The molecule has 0 amide bonds. The molecule has 2 heteroatoms. The first-order valence-corrected chi connectivity index (χ1v) is 8.48. The molecule has 0 saturated heterocycles. The van der Waals surface area contributed by atoms with Crippen molar-refractivity contribution >= 4 is 0 Å². The van der Waals surface area contributed by atoms with Crippen LogP contribution in [-0.4, -0.2) is 35.7 Å². The average Bonchev–Trinajstić information content (AvgIpc) is 2.43. The Morgan fingerprint density at radius 2 is 1.74 bits per heavy atom. The van der Waals surface area contributed by atoms with E-state index in [4.69, 9.17) is 0 Å². The lowest BCUT2D eigenvalue weighted by molar-refractivity contribution is 0.0225. The van der Waals surface area contributed by atoms with Gasteiger partial charge >= 0.3 is 0 Å². The normalized spacial score (nSPS) is 40.6. The summed E-state index contributed by atoms with van der Waals surface area (Å²) in [5.74, 6) is 2.29. The summed E-state index contributed by atoms with van der Waals surface area (Å²) in [5, 5.41) is 10.2. The van der Waals surface area contributed by atoms with Crippen molar-refractivity contribution in [2.75, 3.05) is 13.6 Å². The Balaban J connectivity index is 1.78. The molecular formula is C17H33NO. The highest BCUT2D eigenvalue weighted by Crippen LogP contribution is 2.32. The predicted octanol–water partition coefficient (Wildman–Crippen LogP) is 3.68. The summed E-state index contributed by atoms with van der Waals surface area (Å²) in [6.45, 7) is 5.77. The van der Waals surface area contributed by atoms with Crippen molar-refractivity contribution in [3.05, 3.63) is 0 Å². The molecule has 19 heavy (non-hydrogen) atoms. The summed E-state index contributed by atoms with van der Waals surface area (Å²) in [7, 11) is 2.28. The highest BCUT2D eigenvalue weighted by atomic mass is 16.3. The fraction of sp³-hybridized carbons (Fsp3) is 1.00. The first-order valence-electron chi connectivity index (χ1n) is 8.48. The number of aliphatic hydroxyl groups is 1. The van der Waals surface area contributed by atoms with Crippen LogP contribution in [0.25, 0.3) is 0 Å². The van der Waals surface area contributed by atoms with Crippen molar-refractivity contribution in [1.29, 1.82) is 0 Å². The van der Waals surface area contributed by atoms with Crippen LogP contribution in [0.5, 0.6) is 0 Å². The van der Waals surface area contributed by atoms with Crippen molar-refractivity contribution < 1.29 is 5.11 Å². The molecule has 2 rings (SSSR count). The topological polar surface area (TPSA) is 23.5 Å². The number of hydrogen-bond acceptors (Lipinski definition) is 2. The third kappa shape index (κ3) is 4.19. The zero-order valence-electron chi connectivity index (χ0n) is 13.1. The van der Waals surface area contributed by atoms with E-state index in [9.17, 15) is 5.11 Å². The van der Waals surface area contributed by atoms with Crippen LogP contribution in [0.1, 0.15) is 65.2 Å². The maximum Gasteiger partial charge on any atom is 0.0580 e. The zero-order valence-corrected chi connectivity index (χ0v) is 13.1. The lowest BCUT2D eigenvalue weighted by atomic mass is 9.79. The average molecular weight is 267 g/mol. The molecular weight excluding hydrogens is 234 g/mol. The summed E-state index contributed by atoms with van der Waals surface area (Å²) in [5.41, 5.74) is 0. The Labute approximate surface area is 119 Å². The molecule has 2 saturated carbocycles. The Bertz CT molecular complexity index is 260. The predicted molar refractivity (Wildman–Crippen MR) is 81.2 cm³/mol. The second kappa shape index (κ2) is 7.08. The quantitative estimate of drug-likeness (QED) is 0.840. The van der Waals surface area contributed by atoms with Gasteiger partial charge in [-0.25, -0.2) is 0 Å². The van der Waals surface area contributed by atoms with Crippen molar-refractivity contribution in [1.82, 2.24) is 4.90 Å². The smallest absolute Gasteiger partial charge is 0.0580 e. The van der Waals surface area contributed by atoms with E-state index in [0.717, 1.165) is 30.8 Å². The summed E-state index contributed by atoms with van der Waals surface area (Å²) in [4.78, 5) is 2.55. The van der Waals surface area contributed by atoms with Crippen LogP contribution >= 0.6 is 0 Å². The molecule has 3 unspecified atom stereocenters. The maximum atomic E-state index is 10.2. The van der Waals surface area contributed by atoms with Gasteiger partial charge in [-0.15, -0.1) is 0 Å². The molecule has 3 atom stereocenters. The second-order valence-electron chi connectivity index (χ2n) is 7.27. The Hall–Kier alpha value is -0.0800. The molecule has 0 spiro atoms. The van der Waals surface area contributed by atoms with Crippen LogP contribution in [-0.2, 0) is 0 Å². The van der Waals surface area contributed by atoms with Crippen LogP contribution < -0.4 is 0 Å². The number of hydrogen-bond donors (Lipinski definition) is 1. The van der Waals surface area contributed by atoms with Gasteiger partial charge in [0, 0.05) is 12.6 Å². The van der Waals surface area contributed by atoms with Gasteiger partial charge in [-0.05, 0) is 69.7 Å². The van der Waals surface area contributed by atoms with Gasteiger partial charge in [0.1, 0.15) is 0 Å². The number of rotatable bonds is 4. The zero-order chi connectivity index (χ0) is 13.8. The molecule has 1 N–H and O–H groups in total. The first-order chi connectivity index (χ1) is 9.10. The lowest BCUT2D eigenvalue weighted by Crippen LogP contribution is -2.42. The minimum atomic E-state index is -0.0503. The molecule has 0 bridgehead atoms. The van der Waals surface area contributed by atoms with Gasteiger partial charge in [0.2, 0.25) is 0 Å². The third-order valence-electron chi connectivity index (χ3n) is 5.74. The van der Waals surface area contributed by atoms with Crippen LogP contribution in [0, 0.1) is 17.8 Å². The molecule has 0 aliphatic heterocycles. The molecule has 2 nitrogen and oxygen atoms in total. The summed E-state index contributed by atoms with van der Waals surface area (Å²) in [6, 6.07) is 0.771. The highest BCUT2D eigenvalue weighted by Gasteiger charge is 2.30. The highest BCUT2D eigenvalue weighted by molar-refractivity contribution is 4.83. The van der Waals surface area contributed by atoms with E-state index in [1.807, 2.05) is 0 Å². The van der Waals surface area contributed by atoms with E-state index in [-0.39, 0.29) is 6.10 Å². The van der Waals surface area contributed by atoms with Gasteiger partial charge in [-0.3, -0.25) is 0 Å². The summed E-state index contributed by atoms with van der Waals surface area (Å²) >= 11 is 0. The largest absolute Gasteiger partial charge is 0.393 e. The van der Waals surface area contributed by atoms with E-state index < -0.39 is 0 Å². The van der Waals surface area contributed by atoms with Crippen LogP contribution in [0.2, 0.25) is 0 Å². The van der Waals surface area contributed by atoms with Gasteiger partial charge in [0.15, 0.2) is 0 Å².